The molecule has 0 aliphatic carbocycles. The molecular weight excluding hydrogens is 314 g/mol. The second kappa shape index (κ2) is 7.57. The molecule has 0 spiro atoms. The summed E-state index contributed by atoms with van der Waals surface area (Å²) in [6, 6.07) is 20.6. The predicted molar refractivity (Wildman–Crippen MR) is 96.1 cm³/mol. The maximum Gasteiger partial charge on any atom is 0.253 e. The minimum atomic E-state index is -0.274. The van der Waals surface area contributed by atoms with E-state index in [1.165, 1.54) is 17.0 Å². The molecule has 3 rings (SSSR count). The Bertz CT molecular complexity index is 865. The van der Waals surface area contributed by atoms with E-state index in [9.17, 15) is 9.59 Å². The van der Waals surface area contributed by atoms with Crippen molar-refractivity contribution >= 4 is 5.91 Å². The average molecular weight is 333 g/mol. The molecule has 1 heterocycles. The summed E-state index contributed by atoms with van der Waals surface area (Å²) in [6.07, 6.45) is 1.40. The van der Waals surface area contributed by atoms with E-state index >= 15 is 0 Å². The lowest BCUT2D eigenvalue weighted by atomic mass is 9.99. The first-order valence-electron chi connectivity index (χ1n) is 8.06. The first-order chi connectivity index (χ1) is 12.1. The Balaban J connectivity index is 1.83. The molecular formula is C20H19N3O2. The van der Waals surface area contributed by atoms with Gasteiger partial charge < -0.3 is 5.32 Å². The molecule has 1 N–H and O–H groups in total. The van der Waals surface area contributed by atoms with E-state index in [1.54, 1.807) is 6.92 Å². The van der Waals surface area contributed by atoms with Gasteiger partial charge in [0.2, 0.25) is 5.91 Å². The molecule has 5 heteroatoms. The van der Waals surface area contributed by atoms with Crippen LogP contribution in [0.15, 0.2) is 77.9 Å². The molecule has 3 aromatic rings. The molecule has 0 radical (unpaired) electrons. The van der Waals surface area contributed by atoms with Crippen molar-refractivity contribution in [2.24, 2.45) is 0 Å². The summed E-state index contributed by atoms with van der Waals surface area (Å²) in [5.74, 6) is -0.245. The standard InChI is InChI=1S/C20H19N3O2/c1-15-12-19(25)23(14-21-15)13-18(24)22-20(16-8-4-2-5-9-16)17-10-6-3-7-11-17/h2-12,14,20H,13H2,1H3,(H,22,24). The molecule has 1 amide bonds. The molecule has 25 heavy (non-hydrogen) atoms. The van der Waals surface area contributed by atoms with Crippen molar-refractivity contribution in [3.05, 3.63) is 100 Å². The van der Waals surface area contributed by atoms with Crippen LogP contribution in [0.5, 0.6) is 0 Å². The minimum Gasteiger partial charge on any atom is -0.344 e. The van der Waals surface area contributed by atoms with E-state index in [2.05, 4.69) is 10.3 Å². The van der Waals surface area contributed by atoms with Crippen LogP contribution in [0.4, 0.5) is 0 Å². The number of nitrogens with zero attached hydrogens (tertiary/aromatic N) is 2. The number of carbonyl (C=O) groups is 1. The van der Waals surface area contributed by atoms with E-state index in [-0.39, 0.29) is 24.1 Å². The summed E-state index contributed by atoms with van der Waals surface area (Å²) in [7, 11) is 0. The summed E-state index contributed by atoms with van der Waals surface area (Å²) in [5, 5.41) is 3.01. The monoisotopic (exact) mass is 333 g/mol. The third-order valence-electron chi connectivity index (χ3n) is 3.90. The Kier molecular flexibility index (Phi) is 5.04. The summed E-state index contributed by atoms with van der Waals surface area (Å²) < 4.78 is 1.30. The van der Waals surface area contributed by atoms with Gasteiger partial charge in [0.05, 0.1) is 12.4 Å². The third-order valence-corrected chi connectivity index (χ3v) is 3.90. The number of carbonyl (C=O) groups excluding carboxylic acids is 1. The van der Waals surface area contributed by atoms with Gasteiger partial charge in [0.25, 0.3) is 5.56 Å². The Morgan fingerprint density at radius 3 is 2.12 bits per heavy atom. The largest absolute Gasteiger partial charge is 0.344 e. The van der Waals surface area contributed by atoms with Crippen LogP contribution in [0, 0.1) is 6.92 Å². The van der Waals surface area contributed by atoms with Crippen LogP contribution < -0.4 is 10.9 Å². The van der Waals surface area contributed by atoms with E-state index < -0.39 is 0 Å². The molecule has 2 aromatic carbocycles. The predicted octanol–water partition coefficient (Wildman–Crippen LogP) is 2.46. The lowest BCUT2D eigenvalue weighted by Gasteiger charge is -2.20. The van der Waals surface area contributed by atoms with Gasteiger partial charge in [0.1, 0.15) is 6.54 Å². The number of benzene rings is 2. The number of hydrogen-bond acceptors (Lipinski definition) is 3. The Morgan fingerprint density at radius 1 is 1.04 bits per heavy atom. The van der Waals surface area contributed by atoms with Crippen molar-refractivity contribution in [2.45, 2.75) is 19.5 Å². The van der Waals surface area contributed by atoms with Gasteiger partial charge in [-0.3, -0.25) is 14.2 Å². The van der Waals surface area contributed by atoms with E-state index in [1.807, 2.05) is 60.7 Å². The molecule has 0 unspecified atom stereocenters. The van der Waals surface area contributed by atoms with Crippen LogP contribution >= 0.6 is 0 Å². The number of aryl methyl sites for hydroxylation is 1. The number of rotatable bonds is 5. The normalized spacial score (nSPS) is 10.6. The first kappa shape index (κ1) is 16.6. The summed E-state index contributed by atoms with van der Waals surface area (Å²) in [5.41, 5.74) is 2.36. The topological polar surface area (TPSA) is 64.0 Å². The minimum absolute atomic E-state index is 0.0672. The summed E-state index contributed by atoms with van der Waals surface area (Å²) in [6.45, 7) is 1.68. The van der Waals surface area contributed by atoms with E-state index in [0.717, 1.165) is 11.1 Å². The van der Waals surface area contributed by atoms with Gasteiger partial charge in [-0.25, -0.2) is 4.98 Å². The SMILES string of the molecule is Cc1cc(=O)n(CC(=O)NC(c2ccccc2)c2ccccc2)cn1. The highest BCUT2D eigenvalue weighted by molar-refractivity contribution is 5.76. The second-order valence-electron chi connectivity index (χ2n) is 5.82. The Hall–Kier alpha value is -3.21. The molecule has 0 fully saturated rings. The fourth-order valence-electron chi connectivity index (χ4n) is 2.65. The molecule has 0 saturated heterocycles. The third kappa shape index (κ3) is 4.20. The van der Waals surface area contributed by atoms with Crippen molar-refractivity contribution in [2.75, 3.05) is 0 Å². The molecule has 0 atom stereocenters. The van der Waals surface area contributed by atoms with Crippen LogP contribution in [0.25, 0.3) is 0 Å². The highest BCUT2D eigenvalue weighted by atomic mass is 16.2. The number of aromatic nitrogens is 2. The van der Waals surface area contributed by atoms with Gasteiger partial charge in [-0.05, 0) is 18.1 Å². The fourth-order valence-corrected chi connectivity index (χ4v) is 2.65. The van der Waals surface area contributed by atoms with Crippen LogP contribution in [0.3, 0.4) is 0 Å². The van der Waals surface area contributed by atoms with Gasteiger partial charge in [-0.1, -0.05) is 60.7 Å². The second-order valence-corrected chi connectivity index (χ2v) is 5.82. The Morgan fingerprint density at radius 2 is 1.60 bits per heavy atom. The molecule has 0 bridgehead atoms. The summed E-state index contributed by atoms with van der Waals surface area (Å²) >= 11 is 0. The smallest absolute Gasteiger partial charge is 0.253 e. The highest BCUT2D eigenvalue weighted by Gasteiger charge is 2.17. The van der Waals surface area contributed by atoms with Crippen LogP contribution in [-0.2, 0) is 11.3 Å². The van der Waals surface area contributed by atoms with Crippen LogP contribution in [0.2, 0.25) is 0 Å². The fraction of sp³-hybridized carbons (Fsp3) is 0.150. The van der Waals surface area contributed by atoms with Crippen molar-refractivity contribution < 1.29 is 4.79 Å². The molecule has 1 aromatic heterocycles. The first-order valence-corrected chi connectivity index (χ1v) is 8.06. The van der Waals surface area contributed by atoms with Gasteiger partial charge in [0, 0.05) is 11.8 Å². The zero-order chi connectivity index (χ0) is 17.6. The van der Waals surface area contributed by atoms with Gasteiger partial charge in [-0.2, -0.15) is 0 Å². The molecule has 126 valence electrons. The van der Waals surface area contributed by atoms with E-state index in [4.69, 9.17) is 0 Å². The zero-order valence-corrected chi connectivity index (χ0v) is 13.9. The maximum absolute atomic E-state index is 12.5. The van der Waals surface area contributed by atoms with Crippen molar-refractivity contribution in [1.29, 1.82) is 0 Å². The molecule has 5 nitrogen and oxygen atoms in total. The summed E-state index contributed by atoms with van der Waals surface area (Å²) in [4.78, 5) is 28.5. The number of hydrogen-bond donors (Lipinski definition) is 1. The molecule has 0 saturated carbocycles. The highest BCUT2D eigenvalue weighted by Crippen LogP contribution is 2.21. The van der Waals surface area contributed by atoms with Gasteiger partial charge in [-0.15, -0.1) is 0 Å². The van der Waals surface area contributed by atoms with Crippen molar-refractivity contribution in [1.82, 2.24) is 14.9 Å². The Labute approximate surface area is 146 Å². The quantitative estimate of drug-likeness (QED) is 0.780. The average Bonchev–Trinajstić information content (AvgIpc) is 2.63. The van der Waals surface area contributed by atoms with Crippen molar-refractivity contribution in [3.63, 3.8) is 0 Å². The van der Waals surface area contributed by atoms with Crippen molar-refractivity contribution in [3.8, 4) is 0 Å². The molecule has 0 aliphatic heterocycles. The lowest BCUT2D eigenvalue weighted by Crippen LogP contribution is -2.35. The number of amides is 1. The molecule has 0 aliphatic rings. The van der Waals surface area contributed by atoms with E-state index in [0.29, 0.717) is 5.69 Å². The zero-order valence-electron chi connectivity index (χ0n) is 13.9. The van der Waals surface area contributed by atoms with Crippen LogP contribution in [-0.4, -0.2) is 15.5 Å². The maximum atomic E-state index is 12.5. The van der Waals surface area contributed by atoms with Gasteiger partial charge >= 0.3 is 0 Å². The van der Waals surface area contributed by atoms with Crippen LogP contribution in [0.1, 0.15) is 22.9 Å². The van der Waals surface area contributed by atoms with Gasteiger partial charge in [0.15, 0.2) is 0 Å². The number of nitrogens with one attached hydrogen (secondary N) is 1. The lowest BCUT2D eigenvalue weighted by molar-refractivity contribution is -0.122.